The van der Waals surface area contributed by atoms with Crippen molar-refractivity contribution in [3.05, 3.63) is 6.20 Å². The van der Waals surface area contributed by atoms with Crippen LogP contribution in [0.25, 0.3) is 0 Å². The maximum Gasteiger partial charge on any atom is 0.171 e. The molecular formula is C12H24N4. The minimum Gasteiger partial charge on any atom is -0.394 e. The zero-order valence-electron chi connectivity index (χ0n) is 10.7. The van der Waals surface area contributed by atoms with E-state index in [4.69, 9.17) is 5.73 Å². The molecule has 0 aromatic carbocycles. The SMILES string of the molecule is CCCCC(CC)CNc1nn(C)cc1N. The highest BCUT2D eigenvalue weighted by Crippen LogP contribution is 2.17. The number of nitrogens with two attached hydrogens (primary N) is 1. The van der Waals surface area contributed by atoms with Crippen LogP contribution in [0.5, 0.6) is 0 Å². The molecule has 0 radical (unpaired) electrons. The average Bonchev–Trinajstić information content (AvgIpc) is 2.58. The summed E-state index contributed by atoms with van der Waals surface area (Å²) in [5.41, 5.74) is 6.55. The second kappa shape index (κ2) is 6.40. The van der Waals surface area contributed by atoms with Crippen molar-refractivity contribution < 1.29 is 0 Å². The van der Waals surface area contributed by atoms with Gasteiger partial charge in [-0.2, -0.15) is 5.10 Å². The fourth-order valence-electron chi connectivity index (χ4n) is 1.83. The first-order valence-electron chi connectivity index (χ1n) is 6.20. The zero-order chi connectivity index (χ0) is 12.0. The van der Waals surface area contributed by atoms with Crippen molar-refractivity contribution in [3.8, 4) is 0 Å². The van der Waals surface area contributed by atoms with Gasteiger partial charge in [-0.25, -0.2) is 0 Å². The van der Waals surface area contributed by atoms with Crippen LogP contribution in [0.4, 0.5) is 11.5 Å². The molecule has 1 rings (SSSR count). The zero-order valence-corrected chi connectivity index (χ0v) is 10.7. The fraction of sp³-hybridized carbons (Fsp3) is 0.750. The Morgan fingerprint density at radius 1 is 1.50 bits per heavy atom. The maximum absolute atomic E-state index is 5.82. The number of nitrogens with zero attached hydrogens (tertiary/aromatic N) is 2. The van der Waals surface area contributed by atoms with E-state index < -0.39 is 0 Å². The number of aromatic nitrogens is 2. The predicted molar refractivity (Wildman–Crippen MR) is 69.4 cm³/mol. The fourth-order valence-corrected chi connectivity index (χ4v) is 1.83. The Bertz CT molecular complexity index is 306. The highest BCUT2D eigenvalue weighted by Gasteiger charge is 2.08. The van der Waals surface area contributed by atoms with E-state index in [1.54, 1.807) is 4.68 Å². The van der Waals surface area contributed by atoms with E-state index in [0.29, 0.717) is 0 Å². The Hall–Kier alpha value is -1.19. The molecule has 3 N–H and O–H groups in total. The number of nitrogen functional groups attached to an aromatic ring is 1. The van der Waals surface area contributed by atoms with Crippen LogP contribution < -0.4 is 11.1 Å². The van der Waals surface area contributed by atoms with Gasteiger partial charge in [0.15, 0.2) is 5.82 Å². The molecule has 0 bridgehead atoms. The largest absolute Gasteiger partial charge is 0.394 e. The monoisotopic (exact) mass is 224 g/mol. The summed E-state index contributed by atoms with van der Waals surface area (Å²) >= 11 is 0. The van der Waals surface area contributed by atoms with Gasteiger partial charge in [0.05, 0.1) is 5.69 Å². The third kappa shape index (κ3) is 3.76. The first-order chi connectivity index (χ1) is 7.67. The number of aryl methyl sites for hydroxylation is 1. The van der Waals surface area contributed by atoms with Crippen LogP contribution in [0.15, 0.2) is 6.20 Å². The summed E-state index contributed by atoms with van der Waals surface area (Å²) in [5, 5.41) is 7.61. The number of nitrogens with one attached hydrogen (secondary N) is 1. The Morgan fingerprint density at radius 2 is 2.25 bits per heavy atom. The van der Waals surface area contributed by atoms with Crippen LogP contribution in [-0.2, 0) is 7.05 Å². The Balaban J connectivity index is 2.39. The molecule has 16 heavy (non-hydrogen) atoms. The van der Waals surface area contributed by atoms with Gasteiger partial charge in [0.1, 0.15) is 0 Å². The maximum atomic E-state index is 5.82. The van der Waals surface area contributed by atoms with Gasteiger partial charge in [0.25, 0.3) is 0 Å². The molecule has 1 atom stereocenters. The van der Waals surface area contributed by atoms with Crippen molar-refractivity contribution >= 4 is 11.5 Å². The molecule has 1 unspecified atom stereocenters. The van der Waals surface area contributed by atoms with E-state index in [9.17, 15) is 0 Å². The molecule has 1 heterocycles. The van der Waals surface area contributed by atoms with Gasteiger partial charge < -0.3 is 11.1 Å². The van der Waals surface area contributed by atoms with Gasteiger partial charge in [-0.3, -0.25) is 4.68 Å². The summed E-state index contributed by atoms with van der Waals surface area (Å²) in [6.07, 6.45) is 6.89. The standard InChI is InChI=1S/C12H24N4/c1-4-6-7-10(5-2)8-14-12-11(13)9-16(3)15-12/h9-10H,4-8,13H2,1-3H3,(H,14,15). The molecule has 0 aliphatic rings. The summed E-state index contributed by atoms with van der Waals surface area (Å²) in [7, 11) is 1.88. The van der Waals surface area contributed by atoms with Gasteiger partial charge in [-0.05, 0) is 12.3 Å². The lowest BCUT2D eigenvalue weighted by molar-refractivity contribution is 0.472. The van der Waals surface area contributed by atoms with Crippen LogP contribution in [0.3, 0.4) is 0 Å². The lowest BCUT2D eigenvalue weighted by atomic mass is 9.99. The van der Waals surface area contributed by atoms with Gasteiger partial charge in [-0.15, -0.1) is 0 Å². The summed E-state index contributed by atoms with van der Waals surface area (Å²) in [4.78, 5) is 0. The summed E-state index contributed by atoms with van der Waals surface area (Å²) in [5.74, 6) is 1.54. The number of rotatable bonds is 7. The van der Waals surface area contributed by atoms with E-state index in [1.165, 1.54) is 25.7 Å². The Kier molecular flexibility index (Phi) is 5.15. The first-order valence-corrected chi connectivity index (χ1v) is 6.20. The summed E-state index contributed by atoms with van der Waals surface area (Å²) < 4.78 is 1.74. The second-order valence-electron chi connectivity index (χ2n) is 4.40. The van der Waals surface area contributed by atoms with Gasteiger partial charge >= 0.3 is 0 Å². The van der Waals surface area contributed by atoms with Crippen molar-refractivity contribution in [2.24, 2.45) is 13.0 Å². The van der Waals surface area contributed by atoms with Crippen molar-refractivity contribution in [1.82, 2.24) is 9.78 Å². The number of anilines is 2. The molecule has 92 valence electrons. The average molecular weight is 224 g/mol. The van der Waals surface area contributed by atoms with Crippen LogP contribution >= 0.6 is 0 Å². The molecule has 4 heteroatoms. The Labute approximate surface area is 98.2 Å². The molecule has 0 amide bonds. The van der Waals surface area contributed by atoms with Crippen LogP contribution in [0.1, 0.15) is 39.5 Å². The molecule has 1 aromatic heterocycles. The first kappa shape index (κ1) is 12.9. The molecule has 0 saturated heterocycles. The number of hydrogen-bond donors (Lipinski definition) is 2. The number of unbranched alkanes of at least 4 members (excludes halogenated alkanes) is 1. The molecule has 0 saturated carbocycles. The van der Waals surface area contributed by atoms with E-state index >= 15 is 0 Å². The lowest BCUT2D eigenvalue weighted by Gasteiger charge is -2.15. The van der Waals surface area contributed by atoms with E-state index in [1.807, 2.05) is 13.2 Å². The molecule has 4 nitrogen and oxygen atoms in total. The quantitative estimate of drug-likeness (QED) is 0.748. The molecule has 0 spiro atoms. The highest BCUT2D eigenvalue weighted by molar-refractivity contribution is 5.59. The minimum absolute atomic E-state index is 0.723. The molecule has 0 fully saturated rings. The minimum atomic E-state index is 0.723. The lowest BCUT2D eigenvalue weighted by Crippen LogP contribution is -2.14. The predicted octanol–water partition coefficient (Wildman–Crippen LogP) is 2.63. The van der Waals surface area contributed by atoms with E-state index in [2.05, 4.69) is 24.3 Å². The summed E-state index contributed by atoms with van der Waals surface area (Å²) in [6, 6.07) is 0. The van der Waals surface area contributed by atoms with E-state index in [-0.39, 0.29) is 0 Å². The molecule has 1 aromatic rings. The van der Waals surface area contributed by atoms with Gasteiger partial charge in [-0.1, -0.05) is 33.1 Å². The van der Waals surface area contributed by atoms with Crippen molar-refractivity contribution in [2.75, 3.05) is 17.6 Å². The van der Waals surface area contributed by atoms with Gasteiger partial charge in [0, 0.05) is 19.8 Å². The second-order valence-corrected chi connectivity index (χ2v) is 4.40. The van der Waals surface area contributed by atoms with Crippen LogP contribution in [-0.4, -0.2) is 16.3 Å². The normalized spacial score (nSPS) is 12.7. The van der Waals surface area contributed by atoms with Crippen molar-refractivity contribution in [3.63, 3.8) is 0 Å². The van der Waals surface area contributed by atoms with Crippen molar-refractivity contribution in [2.45, 2.75) is 39.5 Å². The van der Waals surface area contributed by atoms with E-state index in [0.717, 1.165) is 24.0 Å². The van der Waals surface area contributed by atoms with Gasteiger partial charge in [0.2, 0.25) is 0 Å². The molecule has 0 aliphatic carbocycles. The van der Waals surface area contributed by atoms with Crippen LogP contribution in [0.2, 0.25) is 0 Å². The van der Waals surface area contributed by atoms with Crippen molar-refractivity contribution in [1.29, 1.82) is 0 Å². The topological polar surface area (TPSA) is 55.9 Å². The highest BCUT2D eigenvalue weighted by atomic mass is 15.3. The molecule has 0 aliphatic heterocycles. The van der Waals surface area contributed by atoms with Crippen LogP contribution in [0, 0.1) is 5.92 Å². The Morgan fingerprint density at radius 3 is 2.75 bits per heavy atom. The smallest absolute Gasteiger partial charge is 0.171 e. The third-order valence-corrected chi connectivity index (χ3v) is 2.96. The summed E-state index contributed by atoms with van der Waals surface area (Å²) in [6.45, 7) is 5.44. The third-order valence-electron chi connectivity index (χ3n) is 2.96. The molecular weight excluding hydrogens is 200 g/mol. The number of hydrogen-bond acceptors (Lipinski definition) is 3.